The molecule has 1 heterocycles. The molecule has 0 spiro atoms. The highest BCUT2D eigenvalue weighted by atomic mass is 16.5. The number of nitrogens with zero attached hydrogens (tertiary/aromatic N) is 2. The minimum absolute atomic E-state index is 0.516. The molecule has 0 aliphatic carbocycles. The van der Waals surface area contributed by atoms with Crippen LogP contribution in [0.5, 0.6) is 0 Å². The molecule has 6 heteroatoms. The summed E-state index contributed by atoms with van der Waals surface area (Å²) in [5.41, 5.74) is 4.77. The molecule has 1 aromatic heterocycles. The fourth-order valence-corrected chi connectivity index (χ4v) is 1.77. The molecule has 0 aromatic carbocycles. The van der Waals surface area contributed by atoms with Crippen molar-refractivity contribution in [1.29, 1.82) is 0 Å². The first kappa shape index (κ1) is 16.4. The molecule has 0 bridgehead atoms. The van der Waals surface area contributed by atoms with Crippen LogP contribution in [0.4, 0.5) is 0 Å². The molecule has 1 aromatic rings. The predicted octanol–water partition coefficient (Wildman–Crippen LogP) is 0.980. The highest BCUT2D eigenvalue weighted by molar-refractivity contribution is 5.79. The van der Waals surface area contributed by atoms with E-state index < -0.39 is 0 Å². The lowest BCUT2D eigenvalue weighted by Crippen LogP contribution is -2.42. The van der Waals surface area contributed by atoms with Gasteiger partial charge in [0.25, 0.3) is 0 Å². The van der Waals surface area contributed by atoms with E-state index in [0.29, 0.717) is 12.5 Å². The fraction of sp³-hybridized carbons (Fsp3) is 0.571. The number of aliphatic imine (C=N–C) groups is 1. The SMILES string of the molecule is CCOCCCNC(=NCc1ncccc1CC)NN. The summed E-state index contributed by atoms with van der Waals surface area (Å²) < 4.78 is 5.27. The van der Waals surface area contributed by atoms with Gasteiger partial charge in [0.1, 0.15) is 0 Å². The van der Waals surface area contributed by atoms with Gasteiger partial charge in [-0.2, -0.15) is 0 Å². The Hall–Kier alpha value is -1.66. The summed E-state index contributed by atoms with van der Waals surface area (Å²) in [7, 11) is 0. The van der Waals surface area contributed by atoms with Gasteiger partial charge in [0.15, 0.2) is 0 Å². The second kappa shape index (κ2) is 10.2. The Morgan fingerprint density at radius 2 is 2.30 bits per heavy atom. The fourth-order valence-electron chi connectivity index (χ4n) is 1.77. The van der Waals surface area contributed by atoms with Gasteiger partial charge in [0.05, 0.1) is 12.2 Å². The number of aryl methyl sites for hydroxylation is 1. The van der Waals surface area contributed by atoms with E-state index in [1.165, 1.54) is 5.56 Å². The summed E-state index contributed by atoms with van der Waals surface area (Å²) in [5, 5.41) is 3.14. The Balaban J connectivity index is 2.44. The molecule has 0 saturated carbocycles. The molecular formula is C14H25N5O. The lowest BCUT2D eigenvalue weighted by molar-refractivity contribution is 0.145. The maximum Gasteiger partial charge on any atom is 0.206 e. The van der Waals surface area contributed by atoms with Gasteiger partial charge in [-0.05, 0) is 31.4 Å². The van der Waals surface area contributed by atoms with Crippen molar-refractivity contribution in [3.8, 4) is 0 Å². The smallest absolute Gasteiger partial charge is 0.206 e. The van der Waals surface area contributed by atoms with Crippen molar-refractivity contribution in [3.63, 3.8) is 0 Å². The summed E-state index contributed by atoms with van der Waals surface area (Å²) in [6.45, 7) is 6.86. The van der Waals surface area contributed by atoms with Gasteiger partial charge >= 0.3 is 0 Å². The van der Waals surface area contributed by atoms with Crippen molar-refractivity contribution in [1.82, 2.24) is 15.7 Å². The summed E-state index contributed by atoms with van der Waals surface area (Å²) in [6, 6.07) is 4.02. The van der Waals surface area contributed by atoms with Crippen LogP contribution in [0.1, 0.15) is 31.5 Å². The molecule has 0 atom stereocenters. The number of ether oxygens (including phenoxy) is 1. The van der Waals surface area contributed by atoms with E-state index in [1.807, 2.05) is 13.0 Å². The first-order valence-corrected chi connectivity index (χ1v) is 7.07. The minimum Gasteiger partial charge on any atom is -0.382 e. The Kier molecular flexibility index (Phi) is 8.33. The molecule has 0 radical (unpaired) electrons. The first-order chi connectivity index (χ1) is 9.81. The number of guanidine groups is 1. The van der Waals surface area contributed by atoms with Crippen molar-refractivity contribution in [3.05, 3.63) is 29.6 Å². The van der Waals surface area contributed by atoms with Gasteiger partial charge in [-0.1, -0.05) is 13.0 Å². The second-order valence-corrected chi connectivity index (χ2v) is 4.25. The Morgan fingerprint density at radius 3 is 3.00 bits per heavy atom. The summed E-state index contributed by atoms with van der Waals surface area (Å²) >= 11 is 0. The van der Waals surface area contributed by atoms with Crippen LogP contribution in [0.2, 0.25) is 0 Å². The van der Waals surface area contributed by atoms with Gasteiger partial charge in [-0.3, -0.25) is 10.4 Å². The van der Waals surface area contributed by atoms with Gasteiger partial charge in [0.2, 0.25) is 5.96 Å². The van der Waals surface area contributed by atoms with E-state index in [9.17, 15) is 0 Å². The predicted molar refractivity (Wildman–Crippen MR) is 81.2 cm³/mol. The van der Waals surface area contributed by atoms with Crippen LogP contribution in [0.15, 0.2) is 23.3 Å². The molecular weight excluding hydrogens is 254 g/mol. The van der Waals surface area contributed by atoms with E-state index in [1.54, 1.807) is 6.20 Å². The summed E-state index contributed by atoms with van der Waals surface area (Å²) in [5.74, 6) is 6.03. The van der Waals surface area contributed by atoms with E-state index in [4.69, 9.17) is 10.6 Å². The zero-order valence-electron chi connectivity index (χ0n) is 12.4. The highest BCUT2D eigenvalue weighted by Gasteiger charge is 2.01. The molecule has 0 aliphatic rings. The Labute approximate surface area is 120 Å². The van der Waals surface area contributed by atoms with Crippen LogP contribution in [-0.4, -0.2) is 30.7 Å². The topological polar surface area (TPSA) is 84.6 Å². The molecule has 4 N–H and O–H groups in total. The van der Waals surface area contributed by atoms with E-state index in [0.717, 1.165) is 38.3 Å². The highest BCUT2D eigenvalue weighted by Crippen LogP contribution is 2.07. The Bertz CT molecular complexity index is 408. The maximum absolute atomic E-state index is 5.45. The largest absolute Gasteiger partial charge is 0.382 e. The van der Waals surface area contributed by atoms with Gasteiger partial charge in [-0.25, -0.2) is 10.8 Å². The van der Waals surface area contributed by atoms with Crippen molar-refractivity contribution >= 4 is 5.96 Å². The Morgan fingerprint density at radius 1 is 1.45 bits per heavy atom. The van der Waals surface area contributed by atoms with Crippen LogP contribution in [0.25, 0.3) is 0 Å². The monoisotopic (exact) mass is 279 g/mol. The number of hydrazine groups is 1. The lowest BCUT2D eigenvalue weighted by atomic mass is 10.1. The summed E-state index contributed by atoms with van der Waals surface area (Å²) in [6.07, 6.45) is 3.65. The van der Waals surface area contributed by atoms with Crippen LogP contribution in [0.3, 0.4) is 0 Å². The van der Waals surface area contributed by atoms with Crippen molar-refractivity contribution in [2.75, 3.05) is 19.8 Å². The van der Waals surface area contributed by atoms with E-state index in [-0.39, 0.29) is 0 Å². The standard InChI is InChI=1S/C14H25N5O/c1-3-12-7-5-8-16-13(12)11-18-14(19-15)17-9-6-10-20-4-2/h5,7-8H,3-4,6,9-11,15H2,1-2H3,(H2,17,18,19). The molecule has 20 heavy (non-hydrogen) atoms. The lowest BCUT2D eigenvalue weighted by Gasteiger charge is -2.10. The van der Waals surface area contributed by atoms with E-state index in [2.05, 4.69) is 33.7 Å². The number of pyridine rings is 1. The van der Waals surface area contributed by atoms with Gasteiger partial charge in [-0.15, -0.1) is 0 Å². The molecule has 6 nitrogen and oxygen atoms in total. The minimum atomic E-state index is 0.516. The zero-order chi connectivity index (χ0) is 14.6. The molecule has 0 aliphatic heterocycles. The van der Waals surface area contributed by atoms with Crippen LogP contribution >= 0.6 is 0 Å². The van der Waals surface area contributed by atoms with Crippen LogP contribution in [-0.2, 0) is 17.7 Å². The van der Waals surface area contributed by atoms with Crippen LogP contribution < -0.4 is 16.6 Å². The number of hydrogen-bond acceptors (Lipinski definition) is 4. The number of nitrogens with two attached hydrogens (primary N) is 1. The maximum atomic E-state index is 5.45. The molecule has 0 fully saturated rings. The average molecular weight is 279 g/mol. The van der Waals surface area contributed by atoms with Crippen molar-refractivity contribution in [2.45, 2.75) is 33.2 Å². The molecule has 112 valence electrons. The number of rotatable bonds is 8. The third-order valence-electron chi connectivity index (χ3n) is 2.85. The number of hydrogen-bond donors (Lipinski definition) is 3. The molecule has 0 unspecified atom stereocenters. The third-order valence-corrected chi connectivity index (χ3v) is 2.85. The van der Waals surface area contributed by atoms with Crippen molar-refractivity contribution < 1.29 is 4.74 Å². The summed E-state index contributed by atoms with van der Waals surface area (Å²) in [4.78, 5) is 8.76. The normalized spacial score (nSPS) is 11.4. The number of aromatic nitrogens is 1. The first-order valence-electron chi connectivity index (χ1n) is 7.07. The van der Waals surface area contributed by atoms with Gasteiger partial charge in [0, 0.05) is 26.0 Å². The molecule has 0 saturated heterocycles. The third kappa shape index (κ3) is 5.99. The molecule has 0 amide bonds. The average Bonchev–Trinajstić information content (AvgIpc) is 2.50. The molecule has 1 rings (SSSR count). The van der Waals surface area contributed by atoms with Crippen molar-refractivity contribution in [2.24, 2.45) is 10.8 Å². The van der Waals surface area contributed by atoms with Crippen LogP contribution in [0, 0.1) is 0 Å². The second-order valence-electron chi connectivity index (χ2n) is 4.25. The van der Waals surface area contributed by atoms with E-state index >= 15 is 0 Å². The quantitative estimate of drug-likeness (QED) is 0.217. The van der Waals surface area contributed by atoms with Gasteiger partial charge < -0.3 is 10.1 Å². The number of nitrogens with one attached hydrogen (secondary N) is 2. The zero-order valence-corrected chi connectivity index (χ0v) is 12.4.